The summed E-state index contributed by atoms with van der Waals surface area (Å²) >= 11 is 0. The molecular weight excluding hydrogens is 779 g/mol. The van der Waals surface area contributed by atoms with E-state index >= 15 is 4.39 Å². The van der Waals surface area contributed by atoms with Crippen LogP contribution in [0.1, 0.15) is 43.0 Å². The van der Waals surface area contributed by atoms with Crippen LogP contribution in [-0.4, -0.2) is 92.6 Å². The molecule has 320 valence electrons. The van der Waals surface area contributed by atoms with E-state index in [1.165, 1.54) is 0 Å². The molecule has 6 rings (SSSR count). The summed E-state index contributed by atoms with van der Waals surface area (Å²) in [5.41, 5.74) is 3.63. The minimum absolute atomic E-state index is 0.0476. The number of hydrogen-bond acceptors (Lipinski definition) is 13. The zero-order valence-electron chi connectivity index (χ0n) is 33.7. The number of carbonyl (C=O) groups is 3. The quantitative estimate of drug-likeness (QED) is 0.0784. The van der Waals surface area contributed by atoms with Crippen LogP contribution in [0.15, 0.2) is 121 Å². The van der Waals surface area contributed by atoms with Crippen molar-refractivity contribution in [3.05, 3.63) is 144 Å². The molecule has 10 atom stereocenters. The fourth-order valence-electron chi connectivity index (χ4n) is 7.05. The number of ether oxygens (including phenoxy) is 10. The number of esters is 3. The Kier molecular flexibility index (Phi) is 16.7. The number of alkyl halides is 1. The van der Waals surface area contributed by atoms with Gasteiger partial charge in [-0.05, 0) is 22.3 Å². The smallest absolute Gasteiger partial charge is 0.303 e. The van der Waals surface area contributed by atoms with Crippen LogP contribution < -0.4 is 0 Å². The van der Waals surface area contributed by atoms with Gasteiger partial charge in [-0.1, -0.05) is 121 Å². The van der Waals surface area contributed by atoms with Crippen molar-refractivity contribution in [1.82, 2.24) is 0 Å². The van der Waals surface area contributed by atoms with Crippen molar-refractivity contribution in [3.63, 3.8) is 0 Å². The van der Waals surface area contributed by atoms with E-state index < -0.39 is 86.0 Å². The maximum atomic E-state index is 15.8. The lowest BCUT2D eigenvalue weighted by Gasteiger charge is -2.47. The molecule has 60 heavy (non-hydrogen) atoms. The molecule has 4 aromatic carbocycles. The molecule has 2 unspecified atom stereocenters. The zero-order chi connectivity index (χ0) is 42.3. The van der Waals surface area contributed by atoms with Crippen molar-refractivity contribution in [1.29, 1.82) is 0 Å². The maximum absolute atomic E-state index is 15.8. The highest BCUT2D eigenvalue weighted by molar-refractivity contribution is 5.68. The molecule has 2 aliphatic heterocycles. The van der Waals surface area contributed by atoms with Gasteiger partial charge in [0, 0.05) is 20.8 Å². The van der Waals surface area contributed by atoms with Gasteiger partial charge in [0.25, 0.3) is 0 Å². The summed E-state index contributed by atoms with van der Waals surface area (Å²) in [6.45, 7) is 3.68. The average Bonchev–Trinajstić information content (AvgIpc) is 3.24. The van der Waals surface area contributed by atoms with E-state index in [1.807, 2.05) is 121 Å². The van der Waals surface area contributed by atoms with Gasteiger partial charge < -0.3 is 47.4 Å². The third kappa shape index (κ3) is 13.0. The normalized spacial score (nSPS) is 26.5. The number of carbonyl (C=O) groups excluding carboxylic acids is 3. The van der Waals surface area contributed by atoms with Crippen LogP contribution in [0, 0.1) is 0 Å². The third-order valence-electron chi connectivity index (χ3n) is 9.75. The molecule has 0 aromatic heterocycles. The molecule has 0 amide bonds. The van der Waals surface area contributed by atoms with Crippen LogP contribution in [0.2, 0.25) is 0 Å². The first-order valence-electron chi connectivity index (χ1n) is 19.8. The second kappa shape index (κ2) is 22.5. The van der Waals surface area contributed by atoms with Crippen LogP contribution >= 0.6 is 0 Å². The van der Waals surface area contributed by atoms with Crippen molar-refractivity contribution < 1.29 is 66.1 Å². The van der Waals surface area contributed by atoms with Gasteiger partial charge in [0.15, 0.2) is 24.6 Å². The molecule has 0 saturated carbocycles. The number of halogens is 1. The maximum Gasteiger partial charge on any atom is 0.303 e. The largest absolute Gasteiger partial charge is 0.456 e. The number of rotatable bonds is 19. The summed E-state index contributed by atoms with van der Waals surface area (Å²) in [7, 11) is 0. The topological polar surface area (TPSA) is 144 Å². The summed E-state index contributed by atoms with van der Waals surface area (Å²) in [5, 5.41) is 0. The molecule has 2 fully saturated rings. The van der Waals surface area contributed by atoms with Crippen molar-refractivity contribution in [2.45, 2.75) is 109 Å². The lowest BCUT2D eigenvalue weighted by atomic mass is 9.97. The molecule has 2 aliphatic rings. The van der Waals surface area contributed by atoms with E-state index in [-0.39, 0.29) is 33.0 Å². The standard InChI is InChI=1S/C46H51FO13/c1-30(48)56-40-38(59-45(47)43(58-32(3)50)42(40)57-31(2)49)29-55-46-44(54-27-36-22-14-7-15-23-36)41(53-26-35-20-12-6-13-21-35)39(52-25-34-18-10-5-11-19-34)37(60-46)28-51-24-33-16-8-4-9-17-33/h4-23,37-46H,24-29H2,1-3H3/t37-,38-,39-,40-,41+,42+,43-,44-,45?,46?/m1/s1. The van der Waals surface area contributed by atoms with Crippen LogP contribution in [0.5, 0.6) is 0 Å². The van der Waals surface area contributed by atoms with E-state index in [0.29, 0.717) is 0 Å². The highest BCUT2D eigenvalue weighted by Gasteiger charge is 2.54. The van der Waals surface area contributed by atoms with E-state index in [1.54, 1.807) is 0 Å². The predicted molar refractivity (Wildman–Crippen MR) is 212 cm³/mol. The average molecular weight is 831 g/mol. The first-order chi connectivity index (χ1) is 29.1. The Morgan fingerprint density at radius 1 is 0.450 bits per heavy atom. The molecule has 2 heterocycles. The van der Waals surface area contributed by atoms with Gasteiger partial charge in [-0.25, -0.2) is 4.39 Å². The Morgan fingerprint density at radius 2 is 0.850 bits per heavy atom. The van der Waals surface area contributed by atoms with E-state index in [0.717, 1.165) is 43.0 Å². The fraction of sp³-hybridized carbons (Fsp3) is 0.413. The Balaban J connectivity index is 1.34. The summed E-state index contributed by atoms with van der Waals surface area (Å²) in [4.78, 5) is 36.6. The molecule has 2 saturated heterocycles. The summed E-state index contributed by atoms with van der Waals surface area (Å²) in [5.74, 6) is -2.47. The Bertz CT molecular complexity index is 1900. The number of hydrogen-bond donors (Lipinski definition) is 0. The fourth-order valence-corrected chi connectivity index (χ4v) is 7.05. The summed E-state index contributed by atoms with van der Waals surface area (Å²) in [6.07, 6.45) is -13.0. The SMILES string of the molecule is CC(=O)O[C@H]1[C@H](OC(C)=O)[C@@H](OC(C)=O)C(F)O[C@@H]1COC1O[C@H](COCc2ccccc2)[C@@H](OCc2ccccc2)[C@H](OCc2ccccc2)[C@H]1OCc1ccccc1. The van der Waals surface area contributed by atoms with Crippen molar-refractivity contribution in [2.75, 3.05) is 13.2 Å². The van der Waals surface area contributed by atoms with E-state index in [9.17, 15) is 14.4 Å². The zero-order valence-corrected chi connectivity index (χ0v) is 33.7. The first-order valence-corrected chi connectivity index (χ1v) is 19.8. The molecular formula is C46H51FO13. The van der Waals surface area contributed by atoms with Crippen LogP contribution in [0.4, 0.5) is 4.39 Å². The Labute approximate surface area is 348 Å². The molecule has 0 aliphatic carbocycles. The lowest BCUT2D eigenvalue weighted by Crippen LogP contribution is -2.63. The van der Waals surface area contributed by atoms with Gasteiger partial charge in [-0.2, -0.15) is 0 Å². The molecule has 0 bridgehead atoms. The van der Waals surface area contributed by atoms with Gasteiger partial charge in [0.2, 0.25) is 6.36 Å². The highest BCUT2D eigenvalue weighted by atomic mass is 19.1. The van der Waals surface area contributed by atoms with E-state index in [4.69, 9.17) is 47.4 Å². The van der Waals surface area contributed by atoms with Crippen LogP contribution in [0.25, 0.3) is 0 Å². The predicted octanol–water partition coefficient (Wildman–Crippen LogP) is 6.19. The summed E-state index contributed by atoms with van der Waals surface area (Å²) < 4.78 is 77.1. The van der Waals surface area contributed by atoms with Crippen molar-refractivity contribution in [3.8, 4) is 0 Å². The van der Waals surface area contributed by atoms with Gasteiger partial charge in [0.1, 0.15) is 30.5 Å². The van der Waals surface area contributed by atoms with Gasteiger partial charge in [-0.15, -0.1) is 0 Å². The minimum atomic E-state index is -2.28. The third-order valence-corrected chi connectivity index (χ3v) is 9.75. The van der Waals surface area contributed by atoms with Gasteiger partial charge in [-0.3, -0.25) is 14.4 Å². The monoisotopic (exact) mass is 830 g/mol. The second-order valence-electron chi connectivity index (χ2n) is 14.4. The van der Waals surface area contributed by atoms with E-state index in [2.05, 4.69) is 0 Å². The molecule has 4 aromatic rings. The van der Waals surface area contributed by atoms with Gasteiger partial charge >= 0.3 is 17.9 Å². The van der Waals surface area contributed by atoms with Crippen molar-refractivity contribution in [2.24, 2.45) is 0 Å². The highest BCUT2D eigenvalue weighted by Crippen LogP contribution is 2.34. The minimum Gasteiger partial charge on any atom is -0.456 e. The summed E-state index contributed by atoms with van der Waals surface area (Å²) in [6, 6.07) is 38.5. The molecule has 0 N–H and O–H groups in total. The Hall–Kier alpha value is -5.06. The van der Waals surface area contributed by atoms with Crippen LogP contribution in [0.3, 0.4) is 0 Å². The number of benzene rings is 4. The van der Waals surface area contributed by atoms with Crippen LogP contribution in [-0.2, 0) is 88.2 Å². The first kappa shape index (κ1) is 44.5. The van der Waals surface area contributed by atoms with Crippen molar-refractivity contribution >= 4 is 17.9 Å². The second-order valence-corrected chi connectivity index (χ2v) is 14.4. The lowest BCUT2D eigenvalue weighted by molar-refractivity contribution is -0.340. The molecule has 0 radical (unpaired) electrons. The van der Waals surface area contributed by atoms with Gasteiger partial charge in [0.05, 0.1) is 39.6 Å². The Morgan fingerprint density at radius 3 is 1.33 bits per heavy atom. The molecule has 14 heteroatoms. The molecule has 13 nitrogen and oxygen atoms in total. The molecule has 0 spiro atoms.